The molecule has 1 heterocycles. The van der Waals surface area contributed by atoms with Gasteiger partial charge in [-0.1, -0.05) is 19.3 Å². The highest BCUT2D eigenvalue weighted by atomic mass is 79.9. The second-order valence-corrected chi connectivity index (χ2v) is 5.56. The highest BCUT2D eigenvalue weighted by Crippen LogP contribution is 2.22. The second kappa shape index (κ2) is 6.36. The topological polar surface area (TPSA) is 24.9 Å². The summed E-state index contributed by atoms with van der Waals surface area (Å²) in [5.74, 6) is 0.897. The standard InChI is InChI=1S/C13H19BrN2/c14-13-6-12(9-16-10-13)8-15-7-11-4-2-1-3-5-11/h6,9-11,15H,1-5,7-8H2. The molecule has 0 bridgehead atoms. The maximum Gasteiger partial charge on any atom is 0.0410 e. The van der Waals surface area contributed by atoms with Gasteiger partial charge in [0.05, 0.1) is 0 Å². The van der Waals surface area contributed by atoms with Crippen LogP contribution in [0, 0.1) is 5.92 Å². The lowest BCUT2D eigenvalue weighted by molar-refractivity contribution is 0.342. The van der Waals surface area contributed by atoms with Crippen LogP contribution in [0.25, 0.3) is 0 Å². The molecule has 0 unspecified atom stereocenters. The van der Waals surface area contributed by atoms with Crippen LogP contribution in [0.15, 0.2) is 22.9 Å². The number of hydrogen-bond acceptors (Lipinski definition) is 2. The van der Waals surface area contributed by atoms with Crippen molar-refractivity contribution in [3.8, 4) is 0 Å². The van der Waals surface area contributed by atoms with E-state index in [2.05, 4.69) is 32.3 Å². The predicted molar refractivity (Wildman–Crippen MR) is 70.2 cm³/mol. The van der Waals surface area contributed by atoms with Gasteiger partial charge < -0.3 is 5.32 Å². The Hall–Kier alpha value is -0.410. The van der Waals surface area contributed by atoms with Crippen LogP contribution < -0.4 is 5.32 Å². The van der Waals surface area contributed by atoms with Gasteiger partial charge in [0.25, 0.3) is 0 Å². The molecule has 0 aliphatic heterocycles. The summed E-state index contributed by atoms with van der Waals surface area (Å²) in [6.45, 7) is 2.09. The van der Waals surface area contributed by atoms with Crippen molar-refractivity contribution in [2.75, 3.05) is 6.54 Å². The zero-order valence-corrected chi connectivity index (χ0v) is 11.2. The lowest BCUT2D eigenvalue weighted by Crippen LogP contribution is -2.24. The molecule has 1 fully saturated rings. The van der Waals surface area contributed by atoms with Crippen molar-refractivity contribution < 1.29 is 0 Å². The first-order valence-corrected chi connectivity index (χ1v) is 6.94. The van der Waals surface area contributed by atoms with E-state index in [-0.39, 0.29) is 0 Å². The Bertz CT molecular complexity index is 321. The number of nitrogens with zero attached hydrogens (tertiary/aromatic N) is 1. The molecule has 88 valence electrons. The fraction of sp³-hybridized carbons (Fsp3) is 0.615. The quantitative estimate of drug-likeness (QED) is 0.914. The zero-order valence-electron chi connectivity index (χ0n) is 9.58. The van der Waals surface area contributed by atoms with E-state index in [9.17, 15) is 0 Å². The monoisotopic (exact) mass is 282 g/mol. The summed E-state index contributed by atoms with van der Waals surface area (Å²) in [7, 11) is 0. The SMILES string of the molecule is Brc1cncc(CNCC2CCCCC2)c1. The Balaban J connectivity index is 1.71. The number of nitrogens with one attached hydrogen (secondary N) is 1. The van der Waals surface area contributed by atoms with Gasteiger partial charge in [-0.2, -0.15) is 0 Å². The average Bonchev–Trinajstić information content (AvgIpc) is 2.30. The third-order valence-corrected chi connectivity index (χ3v) is 3.68. The molecule has 1 aromatic heterocycles. The van der Waals surface area contributed by atoms with Gasteiger partial charge in [0.1, 0.15) is 0 Å². The van der Waals surface area contributed by atoms with Crippen molar-refractivity contribution in [3.63, 3.8) is 0 Å². The Labute approximate surface area is 106 Å². The molecule has 3 heteroatoms. The first-order chi connectivity index (χ1) is 7.84. The molecular formula is C13H19BrN2. The van der Waals surface area contributed by atoms with E-state index in [1.54, 1.807) is 0 Å². The van der Waals surface area contributed by atoms with E-state index in [4.69, 9.17) is 0 Å². The molecule has 1 aliphatic rings. The molecule has 16 heavy (non-hydrogen) atoms. The second-order valence-electron chi connectivity index (χ2n) is 4.65. The maximum atomic E-state index is 4.16. The minimum absolute atomic E-state index is 0.897. The highest BCUT2D eigenvalue weighted by Gasteiger charge is 2.12. The first-order valence-electron chi connectivity index (χ1n) is 6.15. The summed E-state index contributed by atoms with van der Waals surface area (Å²) in [5.41, 5.74) is 1.25. The summed E-state index contributed by atoms with van der Waals surface area (Å²) in [5, 5.41) is 3.54. The van der Waals surface area contributed by atoms with Gasteiger partial charge >= 0.3 is 0 Å². The number of halogens is 1. The van der Waals surface area contributed by atoms with Crippen LogP contribution in [0.4, 0.5) is 0 Å². The lowest BCUT2D eigenvalue weighted by Gasteiger charge is -2.21. The van der Waals surface area contributed by atoms with Crippen LogP contribution in [0.5, 0.6) is 0 Å². The fourth-order valence-corrected chi connectivity index (χ4v) is 2.78. The summed E-state index contributed by atoms with van der Waals surface area (Å²) in [4.78, 5) is 4.16. The molecule has 0 aromatic carbocycles. The molecular weight excluding hydrogens is 264 g/mol. The molecule has 0 amide bonds. The molecule has 0 radical (unpaired) electrons. The minimum atomic E-state index is 0.897. The molecule has 2 rings (SSSR count). The van der Waals surface area contributed by atoms with Crippen molar-refractivity contribution >= 4 is 15.9 Å². The average molecular weight is 283 g/mol. The number of rotatable bonds is 4. The lowest BCUT2D eigenvalue weighted by atomic mass is 9.89. The van der Waals surface area contributed by atoms with E-state index in [1.165, 1.54) is 37.7 Å². The van der Waals surface area contributed by atoms with Gasteiger partial charge in [0.15, 0.2) is 0 Å². The van der Waals surface area contributed by atoms with Crippen LogP contribution in [0.2, 0.25) is 0 Å². The molecule has 0 atom stereocenters. The van der Waals surface area contributed by atoms with Gasteiger partial charge in [-0.15, -0.1) is 0 Å². The smallest absolute Gasteiger partial charge is 0.0410 e. The molecule has 1 aromatic rings. The Morgan fingerprint density at radius 3 is 2.81 bits per heavy atom. The van der Waals surface area contributed by atoms with Crippen LogP contribution in [-0.2, 0) is 6.54 Å². The van der Waals surface area contributed by atoms with Crippen molar-refractivity contribution in [1.29, 1.82) is 0 Å². The number of aromatic nitrogens is 1. The normalized spacial score (nSPS) is 17.6. The Kier molecular flexibility index (Phi) is 4.79. The van der Waals surface area contributed by atoms with Crippen LogP contribution in [0.3, 0.4) is 0 Å². The van der Waals surface area contributed by atoms with Crippen molar-refractivity contribution in [2.24, 2.45) is 5.92 Å². The third kappa shape index (κ3) is 3.87. The maximum absolute atomic E-state index is 4.16. The summed E-state index contributed by atoms with van der Waals surface area (Å²) in [6, 6.07) is 2.13. The number of pyridine rings is 1. The van der Waals surface area contributed by atoms with Gasteiger partial charge in [0, 0.05) is 23.4 Å². The van der Waals surface area contributed by atoms with E-state index in [0.29, 0.717) is 0 Å². The fourth-order valence-electron chi connectivity index (χ4n) is 2.36. The highest BCUT2D eigenvalue weighted by molar-refractivity contribution is 9.10. The Morgan fingerprint density at radius 2 is 2.06 bits per heavy atom. The van der Waals surface area contributed by atoms with Crippen molar-refractivity contribution in [2.45, 2.75) is 38.6 Å². The Morgan fingerprint density at radius 1 is 1.25 bits per heavy atom. The van der Waals surface area contributed by atoms with Crippen LogP contribution in [0.1, 0.15) is 37.7 Å². The molecule has 1 saturated carbocycles. The van der Waals surface area contributed by atoms with Crippen molar-refractivity contribution in [3.05, 3.63) is 28.5 Å². The van der Waals surface area contributed by atoms with Crippen LogP contribution >= 0.6 is 15.9 Å². The first kappa shape index (κ1) is 12.1. The molecule has 0 saturated heterocycles. The molecule has 2 nitrogen and oxygen atoms in total. The van der Waals surface area contributed by atoms with E-state index >= 15 is 0 Å². The van der Waals surface area contributed by atoms with Crippen molar-refractivity contribution in [1.82, 2.24) is 10.3 Å². The van der Waals surface area contributed by atoms with Gasteiger partial charge in [-0.05, 0) is 52.9 Å². The summed E-state index contributed by atoms with van der Waals surface area (Å²) in [6.07, 6.45) is 10.8. The van der Waals surface area contributed by atoms with Gasteiger partial charge in [-0.25, -0.2) is 0 Å². The third-order valence-electron chi connectivity index (χ3n) is 3.25. The largest absolute Gasteiger partial charge is 0.312 e. The molecule has 0 spiro atoms. The van der Waals surface area contributed by atoms with Gasteiger partial charge in [-0.3, -0.25) is 4.98 Å². The predicted octanol–water partition coefficient (Wildman–Crippen LogP) is 3.51. The minimum Gasteiger partial charge on any atom is -0.312 e. The van der Waals surface area contributed by atoms with Gasteiger partial charge in [0.2, 0.25) is 0 Å². The number of hydrogen-bond donors (Lipinski definition) is 1. The van der Waals surface area contributed by atoms with E-state index < -0.39 is 0 Å². The van der Waals surface area contributed by atoms with E-state index in [0.717, 1.165) is 23.5 Å². The van der Waals surface area contributed by atoms with Crippen LogP contribution in [-0.4, -0.2) is 11.5 Å². The summed E-state index contributed by atoms with van der Waals surface area (Å²) < 4.78 is 1.06. The van der Waals surface area contributed by atoms with E-state index in [1.807, 2.05) is 12.4 Å². The zero-order chi connectivity index (χ0) is 11.2. The summed E-state index contributed by atoms with van der Waals surface area (Å²) >= 11 is 3.44. The molecule has 1 N–H and O–H groups in total. The molecule has 1 aliphatic carbocycles.